The first kappa shape index (κ1) is 8.33. The van der Waals surface area contributed by atoms with E-state index in [2.05, 4.69) is 6.07 Å². The summed E-state index contributed by atoms with van der Waals surface area (Å²) in [5.41, 5.74) is 2.00. The second-order valence-corrected chi connectivity index (χ2v) is 3.20. The molecule has 1 saturated heterocycles. The lowest BCUT2D eigenvalue weighted by Gasteiger charge is -2.13. The molecule has 0 radical (unpaired) electrons. The molecule has 2 aliphatic rings. The van der Waals surface area contributed by atoms with Crippen molar-refractivity contribution in [2.45, 2.75) is 18.9 Å². The Labute approximate surface area is 77.3 Å². The van der Waals surface area contributed by atoms with E-state index in [1.807, 2.05) is 6.08 Å². The lowest BCUT2D eigenvalue weighted by Crippen LogP contribution is -2.03. The molecule has 1 unspecified atom stereocenters. The highest BCUT2D eigenvalue weighted by Crippen LogP contribution is 2.31. The summed E-state index contributed by atoms with van der Waals surface area (Å²) in [4.78, 5) is 0. The molecular weight excluding hydrogens is 166 g/mol. The van der Waals surface area contributed by atoms with Crippen LogP contribution in [0.5, 0.6) is 0 Å². The average Bonchev–Trinajstić information content (AvgIpc) is 3.00. The van der Waals surface area contributed by atoms with Crippen LogP contribution in [0.15, 0.2) is 23.0 Å². The smallest absolute Gasteiger partial charge is 0.132 e. The molecule has 0 aromatic rings. The maximum absolute atomic E-state index is 8.78. The number of hydrogen-bond donors (Lipinski definition) is 0. The van der Waals surface area contributed by atoms with E-state index in [4.69, 9.17) is 14.7 Å². The van der Waals surface area contributed by atoms with Gasteiger partial charge in [0.05, 0.1) is 25.4 Å². The number of nitriles is 1. The number of allylic oxidation sites excluding steroid dienone is 2. The fourth-order valence-electron chi connectivity index (χ4n) is 1.53. The van der Waals surface area contributed by atoms with E-state index in [1.54, 1.807) is 7.11 Å². The third-order valence-corrected chi connectivity index (χ3v) is 2.38. The first-order valence-electron chi connectivity index (χ1n) is 4.34. The van der Waals surface area contributed by atoms with Crippen molar-refractivity contribution in [1.29, 1.82) is 5.26 Å². The van der Waals surface area contributed by atoms with Crippen LogP contribution in [0.4, 0.5) is 0 Å². The molecule has 3 heteroatoms. The van der Waals surface area contributed by atoms with E-state index in [0.29, 0.717) is 11.9 Å². The molecule has 0 aromatic carbocycles. The lowest BCUT2D eigenvalue weighted by molar-refractivity contribution is 0.298. The van der Waals surface area contributed by atoms with Crippen LogP contribution in [0.2, 0.25) is 0 Å². The van der Waals surface area contributed by atoms with Gasteiger partial charge >= 0.3 is 0 Å². The zero-order chi connectivity index (χ0) is 9.26. The number of ether oxygens (including phenoxy) is 2. The quantitative estimate of drug-likeness (QED) is 0.601. The van der Waals surface area contributed by atoms with Crippen LogP contribution in [0.1, 0.15) is 12.8 Å². The van der Waals surface area contributed by atoms with Crippen molar-refractivity contribution in [3.05, 3.63) is 23.0 Å². The monoisotopic (exact) mass is 177 g/mol. The molecule has 0 aromatic heterocycles. The fourth-order valence-corrected chi connectivity index (χ4v) is 1.53. The SMILES string of the molecule is COC1=C(C#N)CCC(C2CO2)=C1. The molecule has 1 atom stereocenters. The van der Waals surface area contributed by atoms with Crippen molar-refractivity contribution in [3.63, 3.8) is 0 Å². The van der Waals surface area contributed by atoms with E-state index < -0.39 is 0 Å². The standard InChI is InChI=1S/C10H11NO2/c1-12-9-4-7(10-6-13-10)2-3-8(9)5-11/h4,10H,2-3,6H2,1H3. The van der Waals surface area contributed by atoms with Gasteiger partial charge in [-0.1, -0.05) is 0 Å². The number of hydrogen-bond acceptors (Lipinski definition) is 3. The lowest BCUT2D eigenvalue weighted by atomic mass is 9.96. The van der Waals surface area contributed by atoms with Gasteiger partial charge in [-0.2, -0.15) is 5.26 Å². The molecular formula is C10H11NO2. The van der Waals surface area contributed by atoms with Crippen LogP contribution >= 0.6 is 0 Å². The molecule has 1 heterocycles. The van der Waals surface area contributed by atoms with Crippen molar-refractivity contribution in [2.24, 2.45) is 0 Å². The van der Waals surface area contributed by atoms with Gasteiger partial charge in [-0.15, -0.1) is 0 Å². The Bertz CT molecular complexity index is 318. The summed E-state index contributed by atoms with van der Waals surface area (Å²) >= 11 is 0. The van der Waals surface area contributed by atoms with Gasteiger partial charge < -0.3 is 9.47 Å². The average molecular weight is 177 g/mol. The van der Waals surface area contributed by atoms with E-state index >= 15 is 0 Å². The summed E-state index contributed by atoms with van der Waals surface area (Å²) in [6.45, 7) is 0.824. The molecule has 1 fully saturated rings. The Morgan fingerprint density at radius 3 is 2.92 bits per heavy atom. The van der Waals surface area contributed by atoms with Crippen LogP contribution in [-0.2, 0) is 9.47 Å². The Morgan fingerprint density at radius 1 is 1.62 bits per heavy atom. The summed E-state index contributed by atoms with van der Waals surface area (Å²) < 4.78 is 10.3. The van der Waals surface area contributed by atoms with E-state index in [0.717, 1.165) is 25.0 Å². The Balaban J connectivity index is 2.23. The topological polar surface area (TPSA) is 45.5 Å². The molecule has 68 valence electrons. The highest BCUT2D eigenvalue weighted by Gasteiger charge is 2.29. The van der Waals surface area contributed by atoms with Crippen LogP contribution in [0.25, 0.3) is 0 Å². The highest BCUT2D eigenvalue weighted by atomic mass is 16.6. The zero-order valence-corrected chi connectivity index (χ0v) is 7.54. The predicted octanol–water partition coefficient (Wildman–Crippen LogP) is 1.53. The largest absolute Gasteiger partial charge is 0.496 e. The first-order valence-corrected chi connectivity index (χ1v) is 4.34. The maximum Gasteiger partial charge on any atom is 0.132 e. The highest BCUT2D eigenvalue weighted by molar-refractivity contribution is 5.39. The van der Waals surface area contributed by atoms with Gasteiger partial charge in [0.25, 0.3) is 0 Å². The Kier molecular flexibility index (Phi) is 2.07. The summed E-state index contributed by atoms with van der Waals surface area (Å²) in [5, 5.41) is 8.78. The minimum Gasteiger partial charge on any atom is -0.496 e. The van der Waals surface area contributed by atoms with E-state index in [9.17, 15) is 0 Å². The number of methoxy groups -OCH3 is 1. The molecule has 3 nitrogen and oxygen atoms in total. The van der Waals surface area contributed by atoms with Gasteiger partial charge in [0.1, 0.15) is 11.9 Å². The molecule has 0 spiro atoms. The van der Waals surface area contributed by atoms with Gasteiger partial charge in [-0.05, 0) is 24.5 Å². The van der Waals surface area contributed by atoms with Gasteiger partial charge in [0.15, 0.2) is 0 Å². The van der Waals surface area contributed by atoms with Crippen molar-refractivity contribution in [2.75, 3.05) is 13.7 Å². The third kappa shape index (κ3) is 1.58. The minimum absolute atomic E-state index is 0.297. The van der Waals surface area contributed by atoms with Gasteiger partial charge in [0.2, 0.25) is 0 Å². The van der Waals surface area contributed by atoms with Crippen molar-refractivity contribution in [3.8, 4) is 6.07 Å². The molecule has 1 aliphatic carbocycles. The van der Waals surface area contributed by atoms with E-state index in [-0.39, 0.29) is 0 Å². The van der Waals surface area contributed by atoms with Crippen LogP contribution in [-0.4, -0.2) is 19.8 Å². The number of nitrogens with zero attached hydrogens (tertiary/aromatic N) is 1. The van der Waals surface area contributed by atoms with Crippen LogP contribution < -0.4 is 0 Å². The molecule has 1 aliphatic heterocycles. The van der Waals surface area contributed by atoms with Crippen molar-refractivity contribution >= 4 is 0 Å². The third-order valence-electron chi connectivity index (χ3n) is 2.38. The van der Waals surface area contributed by atoms with Crippen molar-refractivity contribution in [1.82, 2.24) is 0 Å². The van der Waals surface area contributed by atoms with Crippen LogP contribution in [0, 0.1) is 11.3 Å². The summed E-state index contributed by atoms with van der Waals surface area (Å²) in [6.07, 6.45) is 3.95. The van der Waals surface area contributed by atoms with Gasteiger partial charge in [0, 0.05) is 0 Å². The molecule has 0 saturated carbocycles. The van der Waals surface area contributed by atoms with Gasteiger partial charge in [-0.25, -0.2) is 0 Å². The van der Waals surface area contributed by atoms with Crippen LogP contribution in [0.3, 0.4) is 0 Å². The summed E-state index contributed by atoms with van der Waals surface area (Å²) in [6, 6.07) is 2.15. The Hall–Kier alpha value is -1.27. The second-order valence-electron chi connectivity index (χ2n) is 3.20. The van der Waals surface area contributed by atoms with Crippen molar-refractivity contribution < 1.29 is 9.47 Å². The molecule has 0 N–H and O–H groups in total. The fraction of sp³-hybridized carbons (Fsp3) is 0.500. The van der Waals surface area contributed by atoms with E-state index in [1.165, 1.54) is 5.57 Å². The summed E-state index contributed by atoms with van der Waals surface area (Å²) in [7, 11) is 1.60. The second kappa shape index (κ2) is 3.23. The Morgan fingerprint density at radius 2 is 2.38 bits per heavy atom. The summed E-state index contributed by atoms with van der Waals surface area (Å²) in [5.74, 6) is 0.708. The maximum atomic E-state index is 8.78. The van der Waals surface area contributed by atoms with Gasteiger partial charge in [-0.3, -0.25) is 0 Å². The number of epoxide rings is 1. The molecule has 0 amide bonds. The molecule has 0 bridgehead atoms. The minimum atomic E-state index is 0.297. The number of rotatable bonds is 2. The normalized spacial score (nSPS) is 26.5. The molecule has 13 heavy (non-hydrogen) atoms. The predicted molar refractivity (Wildman–Crippen MR) is 46.7 cm³/mol. The zero-order valence-electron chi connectivity index (χ0n) is 7.54. The first-order chi connectivity index (χ1) is 6.35. The molecule has 2 rings (SSSR count).